The zero-order valence-corrected chi connectivity index (χ0v) is 19.7. The second kappa shape index (κ2) is 7.90. The minimum Gasteiger partial charge on any atom is -0.354 e. The van der Waals surface area contributed by atoms with Crippen LogP contribution < -0.4 is 10.6 Å². The average Bonchev–Trinajstić information content (AvgIpc) is 3.52. The first-order valence-electron chi connectivity index (χ1n) is 11.6. The molecular weight excluding hydrogens is 422 g/mol. The van der Waals surface area contributed by atoms with Crippen LogP contribution in [0, 0.1) is 0 Å². The van der Waals surface area contributed by atoms with Gasteiger partial charge in [0.1, 0.15) is 17.2 Å². The highest BCUT2D eigenvalue weighted by Crippen LogP contribution is 2.31. The van der Waals surface area contributed by atoms with E-state index in [1.54, 1.807) is 0 Å². The lowest BCUT2D eigenvalue weighted by molar-refractivity contribution is 0.620. The SMILES string of the molecule is CNC(C)c1nc2ccc3[nH]c(-c4ccc5c(ccc6[nH]c(C(C)NC)nc65)c4)ccc3c2n1. The molecule has 3 heterocycles. The van der Waals surface area contributed by atoms with Crippen molar-refractivity contribution in [3.8, 4) is 11.3 Å². The molecule has 6 aromatic rings. The fourth-order valence-corrected chi connectivity index (χ4v) is 4.52. The largest absolute Gasteiger partial charge is 0.354 e. The van der Waals surface area contributed by atoms with Crippen LogP contribution >= 0.6 is 0 Å². The number of aromatic amines is 2. The van der Waals surface area contributed by atoms with Crippen molar-refractivity contribution in [1.29, 1.82) is 0 Å². The van der Waals surface area contributed by atoms with Crippen LogP contribution in [0.15, 0.2) is 54.6 Å². The van der Waals surface area contributed by atoms with Gasteiger partial charge in [0, 0.05) is 22.0 Å². The smallest absolute Gasteiger partial charge is 0.146 e. The first kappa shape index (κ1) is 20.8. The predicted molar refractivity (Wildman–Crippen MR) is 139 cm³/mol. The van der Waals surface area contributed by atoms with Gasteiger partial charge in [0.05, 0.1) is 28.6 Å². The number of imidazole rings is 2. The van der Waals surface area contributed by atoms with E-state index in [1.165, 1.54) is 0 Å². The predicted octanol–water partition coefficient (Wildman–Crippen LogP) is 5.37. The molecule has 0 aliphatic carbocycles. The van der Waals surface area contributed by atoms with Crippen LogP contribution in [0.3, 0.4) is 0 Å². The Balaban J connectivity index is 1.43. The molecule has 0 saturated heterocycles. The van der Waals surface area contributed by atoms with Crippen molar-refractivity contribution in [2.45, 2.75) is 25.9 Å². The van der Waals surface area contributed by atoms with Crippen LogP contribution in [0.25, 0.3) is 55.0 Å². The zero-order chi connectivity index (χ0) is 23.4. The first-order valence-corrected chi connectivity index (χ1v) is 11.6. The topological polar surface area (TPSA) is 94.3 Å². The Bertz CT molecular complexity index is 1550. The van der Waals surface area contributed by atoms with E-state index in [9.17, 15) is 0 Å². The summed E-state index contributed by atoms with van der Waals surface area (Å²) in [5.41, 5.74) is 7.15. The third-order valence-electron chi connectivity index (χ3n) is 6.80. The van der Waals surface area contributed by atoms with E-state index in [1.807, 2.05) is 20.2 Å². The molecule has 0 saturated carbocycles. The number of aromatic nitrogens is 5. The number of H-pyrrole nitrogens is 2. The Morgan fingerprint density at radius 3 is 2.32 bits per heavy atom. The van der Waals surface area contributed by atoms with Gasteiger partial charge in [-0.1, -0.05) is 18.2 Å². The third-order valence-corrected chi connectivity index (χ3v) is 6.80. The van der Waals surface area contributed by atoms with Gasteiger partial charge in [-0.05, 0) is 75.3 Å². The monoisotopic (exact) mass is 449 g/mol. The van der Waals surface area contributed by atoms with E-state index in [2.05, 4.69) is 83.0 Å². The molecule has 7 heteroatoms. The first-order chi connectivity index (χ1) is 16.6. The molecule has 0 spiro atoms. The Kier molecular flexibility index (Phi) is 4.83. The molecule has 2 atom stereocenters. The van der Waals surface area contributed by atoms with Crippen LogP contribution in [0.1, 0.15) is 37.6 Å². The van der Waals surface area contributed by atoms with Crippen LogP contribution in [0.4, 0.5) is 0 Å². The minimum atomic E-state index is 0.113. The van der Waals surface area contributed by atoms with E-state index in [0.29, 0.717) is 0 Å². The molecule has 4 N–H and O–H groups in total. The van der Waals surface area contributed by atoms with Crippen molar-refractivity contribution in [2.75, 3.05) is 14.1 Å². The van der Waals surface area contributed by atoms with Gasteiger partial charge in [0.25, 0.3) is 0 Å². The Morgan fingerprint density at radius 1 is 0.706 bits per heavy atom. The highest BCUT2D eigenvalue weighted by Gasteiger charge is 2.14. The molecule has 0 bridgehead atoms. The number of rotatable bonds is 5. The summed E-state index contributed by atoms with van der Waals surface area (Å²) in [6.45, 7) is 4.17. The van der Waals surface area contributed by atoms with E-state index in [4.69, 9.17) is 15.0 Å². The fourth-order valence-electron chi connectivity index (χ4n) is 4.52. The Morgan fingerprint density at radius 2 is 1.50 bits per heavy atom. The molecule has 0 aliphatic heterocycles. The molecule has 0 aliphatic rings. The minimum absolute atomic E-state index is 0.113. The van der Waals surface area contributed by atoms with Gasteiger partial charge in [-0.2, -0.15) is 0 Å². The van der Waals surface area contributed by atoms with Crippen LogP contribution in [-0.4, -0.2) is 39.0 Å². The van der Waals surface area contributed by atoms with Gasteiger partial charge in [-0.25, -0.2) is 15.0 Å². The van der Waals surface area contributed by atoms with Gasteiger partial charge in [0.2, 0.25) is 0 Å². The van der Waals surface area contributed by atoms with Gasteiger partial charge in [-0.15, -0.1) is 0 Å². The van der Waals surface area contributed by atoms with Gasteiger partial charge < -0.3 is 20.6 Å². The molecule has 0 fully saturated rings. The number of fused-ring (bicyclic) bond motifs is 6. The fraction of sp³-hybridized carbons (Fsp3) is 0.222. The lowest BCUT2D eigenvalue weighted by Crippen LogP contribution is -2.13. The van der Waals surface area contributed by atoms with Gasteiger partial charge in [0.15, 0.2) is 0 Å². The van der Waals surface area contributed by atoms with E-state index in [0.717, 1.165) is 66.6 Å². The van der Waals surface area contributed by atoms with Gasteiger partial charge in [-0.3, -0.25) is 0 Å². The average molecular weight is 450 g/mol. The lowest BCUT2D eigenvalue weighted by atomic mass is 10.0. The molecule has 3 aromatic heterocycles. The molecule has 0 amide bonds. The van der Waals surface area contributed by atoms with Crippen molar-refractivity contribution in [3.05, 3.63) is 66.2 Å². The Hall–Kier alpha value is -3.81. The Labute approximate surface area is 197 Å². The number of nitrogens with zero attached hydrogens (tertiary/aromatic N) is 3. The number of pyridine rings is 1. The van der Waals surface area contributed by atoms with Crippen molar-refractivity contribution in [3.63, 3.8) is 0 Å². The highest BCUT2D eigenvalue weighted by molar-refractivity contribution is 6.06. The van der Waals surface area contributed by atoms with E-state index >= 15 is 0 Å². The van der Waals surface area contributed by atoms with Gasteiger partial charge >= 0.3 is 0 Å². The number of nitrogens with one attached hydrogen (secondary N) is 4. The molecule has 34 heavy (non-hydrogen) atoms. The summed E-state index contributed by atoms with van der Waals surface area (Å²) in [6.07, 6.45) is 0. The van der Waals surface area contributed by atoms with Crippen LogP contribution in [0.2, 0.25) is 0 Å². The third kappa shape index (κ3) is 3.24. The second-order valence-electron chi connectivity index (χ2n) is 8.89. The van der Waals surface area contributed by atoms with Crippen molar-refractivity contribution >= 4 is 43.7 Å². The van der Waals surface area contributed by atoms with Crippen molar-refractivity contribution < 1.29 is 0 Å². The maximum atomic E-state index is 4.86. The summed E-state index contributed by atoms with van der Waals surface area (Å²) in [4.78, 5) is 21.4. The molecular formula is C27H27N7. The summed E-state index contributed by atoms with van der Waals surface area (Å²) in [7, 11) is 3.87. The van der Waals surface area contributed by atoms with E-state index in [-0.39, 0.29) is 12.1 Å². The highest BCUT2D eigenvalue weighted by atomic mass is 15.0. The maximum Gasteiger partial charge on any atom is 0.146 e. The van der Waals surface area contributed by atoms with Crippen LogP contribution in [0.5, 0.6) is 0 Å². The molecule has 7 nitrogen and oxygen atoms in total. The molecule has 170 valence electrons. The van der Waals surface area contributed by atoms with Crippen LogP contribution in [-0.2, 0) is 0 Å². The van der Waals surface area contributed by atoms with Crippen molar-refractivity contribution in [2.24, 2.45) is 0 Å². The number of hydrogen-bond donors (Lipinski definition) is 4. The standard InChI is InChI=1S/C27H27N7/c1-14(28-3)26-31-22-9-6-16-13-17(5-7-18(16)24(22)33-26)20-10-8-19-21(30-20)11-12-23-25(19)34-27(32-23)15(2)29-4/h5-15,28-30H,1-4H3,(H,31,33). The zero-order valence-electron chi connectivity index (χ0n) is 19.7. The molecule has 2 unspecified atom stereocenters. The molecule has 6 rings (SSSR count). The number of hydrogen-bond acceptors (Lipinski definition) is 5. The summed E-state index contributed by atoms with van der Waals surface area (Å²) < 4.78 is 0. The summed E-state index contributed by atoms with van der Waals surface area (Å²) >= 11 is 0. The quantitative estimate of drug-likeness (QED) is 0.284. The van der Waals surface area contributed by atoms with E-state index < -0.39 is 0 Å². The van der Waals surface area contributed by atoms with Crippen molar-refractivity contribution in [1.82, 2.24) is 35.6 Å². The molecule has 3 aromatic carbocycles. The summed E-state index contributed by atoms with van der Waals surface area (Å²) in [5.74, 6) is 1.77. The maximum absolute atomic E-state index is 4.86. The molecule has 0 radical (unpaired) electrons. The number of benzene rings is 3. The second-order valence-corrected chi connectivity index (χ2v) is 8.89. The summed E-state index contributed by atoms with van der Waals surface area (Å²) in [6, 6.07) is 19.5. The normalized spacial score (nSPS) is 13.9. The summed E-state index contributed by atoms with van der Waals surface area (Å²) in [5, 5.41) is 9.85. The lowest BCUT2D eigenvalue weighted by Gasteiger charge is -2.08.